The van der Waals surface area contributed by atoms with Crippen LogP contribution in [0, 0.1) is 0 Å². The predicted molar refractivity (Wildman–Crippen MR) is 65.6 cm³/mol. The van der Waals surface area contributed by atoms with Gasteiger partial charge in [0.15, 0.2) is 5.69 Å². The van der Waals surface area contributed by atoms with Gasteiger partial charge in [-0.15, -0.1) is 0 Å². The minimum atomic E-state index is -4.42. The number of aryl methyl sites for hydroxylation is 1. The van der Waals surface area contributed by atoms with Gasteiger partial charge in [0.2, 0.25) is 0 Å². The second kappa shape index (κ2) is 4.76. The van der Waals surface area contributed by atoms with Gasteiger partial charge in [-0.05, 0) is 40.5 Å². The van der Waals surface area contributed by atoms with E-state index in [4.69, 9.17) is 0 Å². The lowest BCUT2D eigenvalue weighted by atomic mass is 10.2. The molecule has 2 nitrogen and oxygen atoms in total. The van der Waals surface area contributed by atoms with E-state index < -0.39 is 11.9 Å². The normalized spacial score (nSPS) is 11.8. The van der Waals surface area contributed by atoms with Gasteiger partial charge in [0.1, 0.15) is 0 Å². The zero-order chi connectivity index (χ0) is 13.3. The number of halogens is 4. The molecule has 1 heterocycles. The topological polar surface area (TPSA) is 17.8 Å². The van der Waals surface area contributed by atoms with Gasteiger partial charge in [-0.3, -0.25) is 0 Å². The highest BCUT2D eigenvalue weighted by atomic mass is 79.9. The first-order valence-electron chi connectivity index (χ1n) is 5.34. The summed E-state index contributed by atoms with van der Waals surface area (Å²) in [5.74, 6) is 0. The van der Waals surface area contributed by atoms with Crippen molar-refractivity contribution in [2.24, 2.45) is 0 Å². The van der Waals surface area contributed by atoms with Gasteiger partial charge in [0.25, 0.3) is 0 Å². The van der Waals surface area contributed by atoms with Gasteiger partial charge in [0.05, 0.1) is 5.69 Å². The maximum absolute atomic E-state index is 12.6. The first kappa shape index (κ1) is 13.1. The van der Waals surface area contributed by atoms with E-state index in [1.165, 1.54) is 4.68 Å². The lowest BCUT2D eigenvalue weighted by Crippen LogP contribution is -2.07. The molecular formula is C12H10BrF3N2. The predicted octanol–water partition coefficient (Wildman–Crippen LogP) is 4.22. The summed E-state index contributed by atoms with van der Waals surface area (Å²) in [5.41, 5.74) is 0.258. The minimum Gasteiger partial charge on any atom is -0.236 e. The number of rotatable bonds is 2. The van der Waals surface area contributed by atoms with Crippen molar-refractivity contribution in [3.63, 3.8) is 0 Å². The van der Waals surface area contributed by atoms with E-state index in [2.05, 4.69) is 21.0 Å². The van der Waals surface area contributed by atoms with Crippen molar-refractivity contribution < 1.29 is 13.2 Å². The summed E-state index contributed by atoms with van der Waals surface area (Å²) in [4.78, 5) is 0. The van der Waals surface area contributed by atoms with Gasteiger partial charge >= 0.3 is 6.18 Å². The number of nitrogens with zero attached hydrogens (tertiary/aromatic N) is 2. The summed E-state index contributed by atoms with van der Waals surface area (Å²) in [7, 11) is 0. The van der Waals surface area contributed by atoms with Crippen molar-refractivity contribution in [1.82, 2.24) is 9.78 Å². The van der Waals surface area contributed by atoms with Gasteiger partial charge in [0, 0.05) is 10.2 Å². The summed E-state index contributed by atoms with van der Waals surface area (Å²) in [6.45, 7) is 1.80. The summed E-state index contributed by atoms with van der Waals surface area (Å²) in [5, 5.41) is 3.65. The van der Waals surface area contributed by atoms with Crippen LogP contribution in [0.15, 0.2) is 34.8 Å². The quantitative estimate of drug-likeness (QED) is 0.810. The summed E-state index contributed by atoms with van der Waals surface area (Å²) in [6, 6.07) is 8.13. The fraction of sp³-hybridized carbons (Fsp3) is 0.250. The SMILES string of the molecule is CCc1cc(C(F)(F)F)nn1-c1ccccc1Br. The van der Waals surface area contributed by atoms with Crippen LogP contribution in [0.3, 0.4) is 0 Å². The number of hydrogen-bond donors (Lipinski definition) is 0. The van der Waals surface area contributed by atoms with Gasteiger partial charge in [-0.25, -0.2) is 4.68 Å². The molecule has 1 aromatic heterocycles. The lowest BCUT2D eigenvalue weighted by molar-refractivity contribution is -0.141. The number of para-hydroxylation sites is 1. The highest BCUT2D eigenvalue weighted by Crippen LogP contribution is 2.30. The molecule has 0 aliphatic rings. The van der Waals surface area contributed by atoms with Crippen LogP contribution >= 0.6 is 15.9 Å². The van der Waals surface area contributed by atoms with E-state index in [9.17, 15) is 13.2 Å². The Hall–Kier alpha value is -1.30. The Kier molecular flexibility index (Phi) is 3.47. The minimum absolute atomic E-state index is 0.477. The van der Waals surface area contributed by atoms with Gasteiger partial charge < -0.3 is 0 Å². The maximum Gasteiger partial charge on any atom is 0.435 e. The van der Waals surface area contributed by atoms with Gasteiger partial charge in [-0.2, -0.15) is 18.3 Å². The Bertz CT molecular complexity index is 561. The molecule has 0 aliphatic carbocycles. The van der Waals surface area contributed by atoms with Crippen molar-refractivity contribution in [3.8, 4) is 5.69 Å². The van der Waals surface area contributed by atoms with Crippen LogP contribution in [-0.4, -0.2) is 9.78 Å². The smallest absolute Gasteiger partial charge is 0.236 e. The molecule has 0 saturated heterocycles. The molecule has 0 bridgehead atoms. The van der Waals surface area contributed by atoms with Crippen LogP contribution < -0.4 is 0 Å². The average molecular weight is 319 g/mol. The molecule has 18 heavy (non-hydrogen) atoms. The molecule has 1 aromatic carbocycles. The van der Waals surface area contributed by atoms with Crippen molar-refractivity contribution in [3.05, 3.63) is 46.2 Å². The van der Waals surface area contributed by atoms with Crippen LogP contribution in [-0.2, 0) is 12.6 Å². The van der Waals surface area contributed by atoms with E-state index in [0.29, 0.717) is 22.3 Å². The fourth-order valence-corrected chi connectivity index (χ4v) is 2.09. The Balaban J connectivity index is 2.58. The molecule has 0 unspecified atom stereocenters. The summed E-state index contributed by atoms with van der Waals surface area (Å²) in [6.07, 6.45) is -3.94. The third-order valence-electron chi connectivity index (χ3n) is 2.52. The third-order valence-corrected chi connectivity index (χ3v) is 3.19. The van der Waals surface area contributed by atoms with E-state index in [1.54, 1.807) is 31.2 Å². The van der Waals surface area contributed by atoms with E-state index in [1.807, 2.05) is 0 Å². The maximum atomic E-state index is 12.6. The zero-order valence-corrected chi connectivity index (χ0v) is 11.1. The molecule has 0 amide bonds. The molecule has 0 N–H and O–H groups in total. The Morgan fingerprint density at radius 2 is 1.94 bits per heavy atom. The monoisotopic (exact) mass is 318 g/mol. The van der Waals surface area contributed by atoms with Crippen molar-refractivity contribution in [2.75, 3.05) is 0 Å². The molecule has 0 atom stereocenters. The number of benzene rings is 1. The van der Waals surface area contributed by atoms with Crippen molar-refractivity contribution >= 4 is 15.9 Å². The first-order chi connectivity index (χ1) is 8.43. The molecule has 0 fully saturated rings. The summed E-state index contributed by atoms with van der Waals surface area (Å²) >= 11 is 3.31. The average Bonchev–Trinajstić information content (AvgIpc) is 2.73. The molecule has 0 spiro atoms. The highest BCUT2D eigenvalue weighted by Gasteiger charge is 2.34. The zero-order valence-electron chi connectivity index (χ0n) is 9.50. The molecule has 0 aliphatic heterocycles. The Labute approximate surface area is 111 Å². The van der Waals surface area contributed by atoms with E-state index >= 15 is 0 Å². The first-order valence-corrected chi connectivity index (χ1v) is 6.14. The molecule has 2 rings (SSSR count). The lowest BCUT2D eigenvalue weighted by Gasteiger charge is -2.07. The molecule has 0 radical (unpaired) electrons. The molecular weight excluding hydrogens is 309 g/mol. The fourth-order valence-electron chi connectivity index (χ4n) is 1.64. The van der Waals surface area contributed by atoms with E-state index in [0.717, 1.165) is 6.07 Å². The number of aromatic nitrogens is 2. The molecule has 6 heteroatoms. The largest absolute Gasteiger partial charge is 0.435 e. The summed E-state index contributed by atoms with van der Waals surface area (Å²) < 4.78 is 40.0. The second-order valence-corrected chi connectivity index (χ2v) is 4.59. The molecule has 96 valence electrons. The van der Waals surface area contributed by atoms with Crippen molar-refractivity contribution in [1.29, 1.82) is 0 Å². The van der Waals surface area contributed by atoms with Crippen LogP contribution in [0.5, 0.6) is 0 Å². The van der Waals surface area contributed by atoms with Crippen LogP contribution in [0.1, 0.15) is 18.3 Å². The molecule has 0 saturated carbocycles. The van der Waals surface area contributed by atoms with E-state index in [-0.39, 0.29) is 0 Å². The highest BCUT2D eigenvalue weighted by molar-refractivity contribution is 9.10. The van der Waals surface area contributed by atoms with Crippen LogP contribution in [0.4, 0.5) is 13.2 Å². The Morgan fingerprint density at radius 1 is 1.28 bits per heavy atom. The number of hydrogen-bond acceptors (Lipinski definition) is 1. The molecule has 2 aromatic rings. The van der Waals surface area contributed by atoms with Crippen LogP contribution in [0.25, 0.3) is 5.69 Å². The van der Waals surface area contributed by atoms with Crippen molar-refractivity contribution in [2.45, 2.75) is 19.5 Å². The Morgan fingerprint density at radius 3 is 2.50 bits per heavy atom. The van der Waals surface area contributed by atoms with Gasteiger partial charge in [-0.1, -0.05) is 19.1 Å². The standard InChI is InChI=1S/C12H10BrF3N2/c1-2-8-7-11(12(14,15)16)17-18(8)10-6-4-3-5-9(10)13/h3-7H,2H2,1H3. The van der Waals surface area contributed by atoms with Crippen LogP contribution in [0.2, 0.25) is 0 Å². The second-order valence-electron chi connectivity index (χ2n) is 3.74. The third kappa shape index (κ3) is 2.43. The number of alkyl halides is 3.